The van der Waals surface area contributed by atoms with Gasteiger partial charge in [-0.25, -0.2) is 0 Å². The Morgan fingerprint density at radius 3 is 2.34 bits per heavy atom. The van der Waals surface area contributed by atoms with Crippen LogP contribution in [-0.2, 0) is 18.3 Å². The molecule has 0 unspecified atom stereocenters. The second kappa shape index (κ2) is 10.5. The molecule has 0 radical (unpaired) electrons. The molecule has 0 saturated heterocycles. The van der Waals surface area contributed by atoms with E-state index in [0.29, 0.717) is 34.6 Å². The third-order valence-corrected chi connectivity index (χ3v) is 6.07. The van der Waals surface area contributed by atoms with Crippen LogP contribution in [0.15, 0.2) is 67.0 Å². The molecule has 0 aliphatic carbocycles. The molecule has 0 aliphatic heterocycles. The first-order chi connectivity index (χ1) is 18.5. The number of ether oxygens (including phenoxy) is 3. The standard InChI is InChI=1S/C27H27N7O4/c1-33-24(11-12-28-33)30-23-9-10-25(32-31-23)34-16-17(19-7-5-6-8-20(19)34)13-26(35)29-18-14-21(36-2)27(38-4)22(15-18)37-3/h5-12,14-16H,13H2,1-4H3,(H,29,35)(H,30,31). The molecule has 2 N–H and O–H groups in total. The summed E-state index contributed by atoms with van der Waals surface area (Å²) in [6.07, 6.45) is 3.77. The van der Waals surface area contributed by atoms with Gasteiger partial charge in [-0.2, -0.15) is 5.10 Å². The van der Waals surface area contributed by atoms with Crippen LogP contribution >= 0.6 is 0 Å². The van der Waals surface area contributed by atoms with Crippen LogP contribution in [0.1, 0.15) is 5.56 Å². The fraction of sp³-hybridized carbons (Fsp3) is 0.185. The van der Waals surface area contributed by atoms with Crippen molar-refractivity contribution in [3.8, 4) is 23.1 Å². The van der Waals surface area contributed by atoms with Crippen molar-refractivity contribution in [3.63, 3.8) is 0 Å². The van der Waals surface area contributed by atoms with Crippen molar-refractivity contribution in [2.75, 3.05) is 32.0 Å². The molecule has 0 saturated carbocycles. The zero-order chi connectivity index (χ0) is 26.6. The minimum absolute atomic E-state index is 0.151. The number of hydrogen-bond donors (Lipinski definition) is 2. The second-order valence-electron chi connectivity index (χ2n) is 8.42. The zero-order valence-electron chi connectivity index (χ0n) is 21.4. The third kappa shape index (κ3) is 4.81. The molecule has 11 nitrogen and oxygen atoms in total. The number of fused-ring (bicyclic) bond motifs is 1. The topological polar surface area (TPSA) is 117 Å². The Morgan fingerprint density at radius 1 is 0.947 bits per heavy atom. The molecule has 0 spiro atoms. The number of anilines is 3. The monoisotopic (exact) mass is 513 g/mol. The van der Waals surface area contributed by atoms with Crippen molar-refractivity contribution in [1.29, 1.82) is 0 Å². The molecular formula is C27H27N7O4. The number of nitrogens with one attached hydrogen (secondary N) is 2. The van der Waals surface area contributed by atoms with Crippen molar-refractivity contribution in [2.45, 2.75) is 6.42 Å². The van der Waals surface area contributed by atoms with E-state index in [-0.39, 0.29) is 12.3 Å². The number of benzene rings is 2. The van der Waals surface area contributed by atoms with Gasteiger partial charge in [0.25, 0.3) is 0 Å². The zero-order valence-corrected chi connectivity index (χ0v) is 21.4. The van der Waals surface area contributed by atoms with E-state index in [1.54, 1.807) is 23.0 Å². The first-order valence-electron chi connectivity index (χ1n) is 11.8. The van der Waals surface area contributed by atoms with Gasteiger partial charge in [-0.1, -0.05) is 18.2 Å². The van der Waals surface area contributed by atoms with E-state index in [2.05, 4.69) is 25.9 Å². The van der Waals surface area contributed by atoms with Crippen LogP contribution in [0, 0.1) is 0 Å². The molecule has 194 valence electrons. The van der Waals surface area contributed by atoms with Crippen LogP contribution in [0.25, 0.3) is 16.7 Å². The average Bonchev–Trinajstić information content (AvgIpc) is 3.51. The molecule has 3 aromatic heterocycles. The smallest absolute Gasteiger partial charge is 0.228 e. The molecular weight excluding hydrogens is 486 g/mol. The largest absolute Gasteiger partial charge is 0.493 e. The summed E-state index contributed by atoms with van der Waals surface area (Å²) in [6, 6.07) is 16.8. The molecule has 5 aromatic rings. The predicted molar refractivity (Wildman–Crippen MR) is 144 cm³/mol. The summed E-state index contributed by atoms with van der Waals surface area (Å²) < 4.78 is 19.8. The highest BCUT2D eigenvalue weighted by Crippen LogP contribution is 2.40. The molecule has 2 aromatic carbocycles. The van der Waals surface area contributed by atoms with E-state index in [1.165, 1.54) is 21.3 Å². The predicted octanol–water partition coefficient (Wildman–Crippen LogP) is 4.10. The number of rotatable bonds is 9. The summed E-state index contributed by atoms with van der Waals surface area (Å²) in [5.41, 5.74) is 2.31. The van der Waals surface area contributed by atoms with E-state index < -0.39 is 0 Å². The molecule has 0 aliphatic rings. The van der Waals surface area contributed by atoms with Gasteiger partial charge < -0.3 is 24.8 Å². The minimum atomic E-state index is -0.191. The number of amides is 1. The summed E-state index contributed by atoms with van der Waals surface area (Å²) in [5.74, 6) is 3.21. The van der Waals surface area contributed by atoms with Gasteiger partial charge in [-0.15, -0.1) is 10.2 Å². The van der Waals surface area contributed by atoms with Crippen molar-refractivity contribution >= 4 is 34.1 Å². The van der Waals surface area contributed by atoms with Crippen molar-refractivity contribution < 1.29 is 19.0 Å². The first-order valence-corrected chi connectivity index (χ1v) is 11.8. The average molecular weight is 514 g/mol. The number of methoxy groups -OCH3 is 3. The molecule has 1 amide bonds. The van der Waals surface area contributed by atoms with Gasteiger partial charge in [0, 0.05) is 42.5 Å². The maximum atomic E-state index is 13.1. The lowest BCUT2D eigenvalue weighted by Gasteiger charge is -2.14. The lowest BCUT2D eigenvalue weighted by atomic mass is 10.1. The highest BCUT2D eigenvalue weighted by Gasteiger charge is 2.17. The Bertz CT molecular complexity index is 1570. The van der Waals surface area contributed by atoms with Gasteiger partial charge in [0.2, 0.25) is 11.7 Å². The van der Waals surface area contributed by atoms with E-state index in [4.69, 9.17) is 14.2 Å². The second-order valence-corrected chi connectivity index (χ2v) is 8.42. The summed E-state index contributed by atoms with van der Waals surface area (Å²) in [4.78, 5) is 13.1. The Kier molecular flexibility index (Phi) is 6.81. The van der Waals surface area contributed by atoms with Crippen LogP contribution in [0.3, 0.4) is 0 Å². The van der Waals surface area contributed by atoms with Crippen LogP contribution in [-0.4, -0.2) is 51.8 Å². The van der Waals surface area contributed by atoms with Crippen LogP contribution < -0.4 is 24.8 Å². The Balaban J connectivity index is 1.39. The van der Waals surface area contributed by atoms with Gasteiger partial charge in [-0.05, 0) is 23.8 Å². The van der Waals surface area contributed by atoms with Crippen molar-refractivity contribution in [2.24, 2.45) is 7.05 Å². The van der Waals surface area contributed by atoms with E-state index in [9.17, 15) is 4.79 Å². The molecule has 5 rings (SSSR count). The van der Waals surface area contributed by atoms with Gasteiger partial charge >= 0.3 is 0 Å². The number of hydrogen-bond acceptors (Lipinski definition) is 8. The highest BCUT2D eigenvalue weighted by atomic mass is 16.5. The van der Waals surface area contributed by atoms with Gasteiger partial charge in [-0.3, -0.25) is 14.0 Å². The molecule has 0 fully saturated rings. The number of aryl methyl sites for hydroxylation is 1. The minimum Gasteiger partial charge on any atom is -0.493 e. The molecule has 0 bridgehead atoms. The van der Waals surface area contributed by atoms with Crippen LogP contribution in [0.5, 0.6) is 17.2 Å². The van der Waals surface area contributed by atoms with Gasteiger partial charge in [0.15, 0.2) is 23.1 Å². The third-order valence-electron chi connectivity index (χ3n) is 6.07. The molecule has 38 heavy (non-hydrogen) atoms. The Labute approximate surface area is 219 Å². The molecule has 3 heterocycles. The summed E-state index contributed by atoms with van der Waals surface area (Å²) in [5, 5.41) is 19.9. The van der Waals surface area contributed by atoms with Crippen molar-refractivity contribution in [3.05, 3.63) is 72.6 Å². The molecule has 11 heteroatoms. The summed E-state index contributed by atoms with van der Waals surface area (Å²) >= 11 is 0. The number of aromatic nitrogens is 5. The Morgan fingerprint density at radius 2 is 1.71 bits per heavy atom. The number of nitrogens with zero attached hydrogens (tertiary/aromatic N) is 5. The number of carbonyl (C=O) groups excluding carboxylic acids is 1. The summed E-state index contributed by atoms with van der Waals surface area (Å²) in [7, 11) is 6.43. The van der Waals surface area contributed by atoms with E-state index in [1.807, 2.05) is 60.3 Å². The number of para-hydroxylation sites is 1. The Hall–Kier alpha value is -5.06. The fourth-order valence-electron chi connectivity index (χ4n) is 4.26. The summed E-state index contributed by atoms with van der Waals surface area (Å²) in [6.45, 7) is 0. The van der Waals surface area contributed by atoms with E-state index >= 15 is 0 Å². The lowest BCUT2D eigenvalue weighted by Crippen LogP contribution is -2.14. The van der Waals surface area contributed by atoms with Crippen LogP contribution in [0.2, 0.25) is 0 Å². The highest BCUT2D eigenvalue weighted by molar-refractivity contribution is 5.96. The SMILES string of the molecule is COc1cc(NC(=O)Cc2cn(-c3ccc(Nc4ccnn4C)nn3)c3ccccc23)cc(OC)c1OC. The van der Waals surface area contributed by atoms with E-state index in [0.717, 1.165) is 22.3 Å². The first kappa shape index (κ1) is 24.6. The lowest BCUT2D eigenvalue weighted by molar-refractivity contribution is -0.115. The maximum absolute atomic E-state index is 13.1. The normalized spacial score (nSPS) is 10.8. The molecule has 0 atom stereocenters. The quantitative estimate of drug-likeness (QED) is 0.303. The van der Waals surface area contributed by atoms with Gasteiger partial charge in [0.05, 0.1) is 39.5 Å². The fourth-order valence-corrected chi connectivity index (χ4v) is 4.26. The maximum Gasteiger partial charge on any atom is 0.228 e. The van der Waals surface area contributed by atoms with Crippen molar-refractivity contribution in [1.82, 2.24) is 24.5 Å². The van der Waals surface area contributed by atoms with Crippen LogP contribution in [0.4, 0.5) is 17.3 Å². The number of carbonyl (C=O) groups is 1. The van der Waals surface area contributed by atoms with Gasteiger partial charge in [0.1, 0.15) is 5.82 Å².